The van der Waals surface area contributed by atoms with E-state index in [0.29, 0.717) is 18.0 Å². The van der Waals surface area contributed by atoms with E-state index in [4.69, 9.17) is 11.6 Å². The van der Waals surface area contributed by atoms with Gasteiger partial charge in [-0.3, -0.25) is 0 Å². The number of hydrogen-bond acceptors (Lipinski definition) is 3. The first-order valence-corrected chi connectivity index (χ1v) is 9.39. The van der Waals surface area contributed by atoms with Crippen molar-refractivity contribution in [3.05, 3.63) is 47.5 Å². The van der Waals surface area contributed by atoms with Crippen molar-refractivity contribution >= 4 is 21.6 Å². The Morgan fingerprint density at radius 3 is 2.13 bits per heavy atom. The molecule has 3 rings (SSSR count). The van der Waals surface area contributed by atoms with E-state index in [9.17, 15) is 13.5 Å². The molecular formula is C17H18ClNO3S. The van der Waals surface area contributed by atoms with Crippen molar-refractivity contribution in [2.75, 3.05) is 13.1 Å². The second-order valence-corrected chi connectivity index (χ2v) is 8.00. The number of piperidine rings is 1. The maximum atomic E-state index is 12.6. The van der Waals surface area contributed by atoms with Crippen molar-refractivity contribution in [1.29, 1.82) is 0 Å². The molecule has 0 saturated carbocycles. The van der Waals surface area contributed by atoms with Gasteiger partial charge in [0.05, 0.1) is 9.92 Å². The summed E-state index contributed by atoms with van der Waals surface area (Å²) in [5.41, 5.74) is 1.68. The predicted octanol–water partition coefficient (Wildman–Crippen LogP) is 3.89. The van der Waals surface area contributed by atoms with E-state index in [1.807, 2.05) is 0 Å². The van der Waals surface area contributed by atoms with Crippen molar-refractivity contribution in [2.24, 2.45) is 0 Å². The van der Waals surface area contributed by atoms with Crippen LogP contribution in [0, 0.1) is 0 Å². The molecule has 0 unspecified atom stereocenters. The van der Waals surface area contributed by atoms with E-state index >= 15 is 0 Å². The van der Waals surface area contributed by atoms with Crippen LogP contribution in [0.4, 0.5) is 0 Å². The molecule has 0 amide bonds. The molecule has 6 heteroatoms. The fourth-order valence-electron chi connectivity index (χ4n) is 2.76. The second-order valence-electron chi connectivity index (χ2n) is 5.66. The smallest absolute Gasteiger partial charge is 0.243 e. The lowest BCUT2D eigenvalue weighted by atomic mass is 10.1. The summed E-state index contributed by atoms with van der Waals surface area (Å²) in [6, 6.07) is 11.7. The first kappa shape index (κ1) is 16.3. The maximum absolute atomic E-state index is 12.6. The van der Waals surface area contributed by atoms with E-state index in [1.165, 1.54) is 6.07 Å². The lowest BCUT2D eigenvalue weighted by Crippen LogP contribution is -2.35. The number of hydrogen-bond donors (Lipinski definition) is 1. The number of phenolic OH excluding ortho intramolecular Hbond substituents is 1. The van der Waals surface area contributed by atoms with Gasteiger partial charge in [0.2, 0.25) is 10.0 Å². The molecule has 0 spiro atoms. The molecule has 0 radical (unpaired) electrons. The number of aromatic hydroxyl groups is 1. The Labute approximate surface area is 141 Å². The SMILES string of the molecule is O=S(=O)(c1ccc(-c2ccc(O)c(Cl)c2)cc1)N1CCCCC1. The van der Waals surface area contributed by atoms with Crippen LogP contribution >= 0.6 is 11.6 Å². The first-order chi connectivity index (χ1) is 11.0. The Bertz CT molecular complexity index is 797. The van der Waals surface area contributed by atoms with Gasteiger partial charge in [-0.15, -0.1) is 0 Å². The van der Waals surface area contributed by atoms with E-state index in [2.05, 4.69) is 0 Å². The Hall–Kier alpha value is -1.56. The fraction of sp³-hybridized carbons (Fsp3) is 0.294. The number of sulfonamides is 1. The molecule has 0 atom stereocenters. The number of halogens is 1. The minimum atomic E-state index is -3.41. The molecular weight excluding hydrogens is 334 g/mol. The molecule has 0 aliphatic carbocycles. The average molecular weight is 352 g/mol. The second kappa shape index (κ2) is 6.51. The Morgan fingerprint density at radius 2 is 1.52 bits per heavy atom. The highest BCUT2D eigenvalue weighted by Crippen LogP contribution is 2.30. The highest BCUT2D eigenvalue weighted by molar-refractivity contribution is 7.89. The summed E-state index contributed by atoms with van der Waals surface area (Å²) in [5, 5.41) is 9.74. The van der Waals surface area contributed by atoms with Crippen LogP contribution in [0.2, 0.25) is 5.02 Å². The van der Waals surface area contributed by atoms with Gasteiger partial charge in [0, 0.05) is 13.1 Å². The molecule has 1 aliphatic rings. The van der Waals surface area contributed by atoms with Gasteiger partial charge in [-0.25, -0.2) is 8.42 Å². The van der Waals surface area contributed by atoms with Crippen LogP contribution < -0.4 is 0 Å². The molecule has 0 aromatic heterocycles. The number of phenols is 1. The first-order valence-electron chi connectivity index (χ1n) is 7.57. The Balaban J connectivity index is 1.88. The highest BCUT2D eigenvalue weighted by Gasteiger charge is 2.25. The number of nitrogens with zero attached hydrogens (tertiary/aromatic N) is 1. The van der Waals surface area contributed by atoms with Crippen molar-refractivity contribution < 1.29 is 13.5 Å². The third-order valence-corrected chi connectivity index (χ3v) is 6.30. The molecule has 1 fully saturated rings. The van der Waals surface area contributed by atoms with Crippen molar-refractivity contribution in [3.63, 3.8) is 0 Å². The number of rotatable bonds is 3. The monoisotopic (exact) mass is 351 g/mol. The molecule has 1 heterocycles. The molecule has 23 heavy (non-hydrogen) atoms. The Morgan fingerprint density at radius 1 is 0.913 bits per heavy atom. The summed E-state index contributed by atoms with van der Waals surface area (Å²) in [5.74, 6) is 0.0275. The van der Waals surface area contributed by atoms with Gasteiger partial charge in [-0.05, 0) is 48.2 Å². The summed E-state index contributed by atoms with van der Waals surface area (Å²) in [4.78, 5) is 0.313. The van der Waals surface area contributed by atoms with E-state index in [-0.39, 0.29) is 10.8 Å². The molecule has 0 bridgehead atoms. The van der Waals surface area contributed by atoms with E-state index in [1.54, 1.807) is 40.7 Å². The molecule has 1 saturated heterocycles. The number of benzene rings is 2. The van der Waals surface area contributed by atoms with Crippen LogP contribution in [0.3, 0.4) is 0 Å². The van der Waals surface area contributed by atoms with Crippen LogP contribution in [0.1, 0.15) is 19.3 Å². The quantitative estimate of drug-likeness (QED) is 0.912. The van der Waals surface area contributed by atoms with Crippen LogP contribution in [0.15, 0.2) is 47.4 Å². The minimum Gasteiger partial charge on any atom is -0.506 e. The Kier molecular flexibility index (Phi) is 4.62. The lowest BCUT2D eigenvalue weighted by molar-refractivity contribution is 0.346. The van der Waals surface area contributed by atoms with Crippen LogP contribution in [-0.4, -0.2) is 30.9 Å². The van der Waals surface area contributed by atoms with Gasteiger partial charge in [-0.2, -0.15) is 4.31 Å². The van der Waals surface area contributed by atoms with Gasteiger partial charge in [0.25, 0.3) is 0 Å². The topological polar surface area (TPSA) is 57.6 Å². The minimum absolute atomic E-state index is 0.0275. The third-order valence-electron chi connectivity index (χ3n) is 4.09. The average Bonchev–Trinajstić information content (AvgIpc) is 2.58. The van der Waals surface area contributed by atoms with Gasteiger partial charge < -0.3 is 5.11 Å². The van der Waals surface area contributed by atoms with Gasteiger partial charge in [0.15, 0.2) is 0 Å². The zero-order valence-corrected chi connectivity index (χ0v) is 14.1. The molecule has 122 valence electrons. The molecule has 4 nitrogen and oxygen atoms in total. The van der Waals surface area contributed by atoms with E-state index in [0.717, 1.165) is 30.4 Å². The normalized spacial score (nSPS) is 16.4. The van der Waals surface area contributed by atoms with Gasteiger partial charge in [0.1, 0.15) is 5.75 Å². The van der Waals surface area contributed by atoms with Crippen molar-refractivity contribution in [3.8, 4) is 16.9 Å². The largest absolute Gasteiger partial charge is 0.506 e. The van der Waals surface area contributed by atoms with Crippen molar-refractivity contribution in [2.45, 2.75) is 24.2 Å². The lowest BCUT2D eigenvalue weighted by Gasteiger charge is -2.25. The van der Waals surface area contributed by atoms with Crippen LogP contribution in [0.5, 0.6) is 5.75 Å². The maximum Gasteiger partial charge on any atom is 0.243 e. The summed E-state index contributed by atoms with van der Waals surface area (Å²) in [6.45, 7) is 1.19. The third kappa shape index (κ3) is 3.37. The summed E-state index contributed by atoms with van der Waals surface area (Å²) in [6.07, 6.45) is 2.93. The predicted molar refractivity (Wildman–Crippen MR) is 91.2 cm³/mol. The van der Waals surface area contributed by atoms with Gasteiger partial charge in [-0.1, -0.05) is 36.2 Å². The standard InChI is InChI=1S/C17H18ClNO3S/c18-16-12-14(6-9-17(16)20)13-4-7-15(8-5-13)23(21,22)19-10-2-1-3-11-19/h4-9,12,20H,1-3,10-11H2. The van der Waals surface area contributed by atoms with Crippen LogP contribution in [0.25, 0.3) is 11.1 Å². The molecule has 2 aromatic carbocycles. The summed E-state index contributed by atoms with van der Waals surface area (Å²) in [7, 11) is -3.41. The zero-order valence-electron chi connectivity index (χ0n) is 12.6. The molecule has 1 aliphatic heterocycles. The zero-order chi connectivity index (χ0) is 16.4. The highest BCUT2D eigenvalue weighted by atomic mass is 35.5. The molecule has 2 aromatic rings. The summed E-state index contributed by atoms with van der Waals surface area (Å²) < 4.78 is 26.8. The van der Waals surface area contributed by atoms with Crippen molar-refractivity contribution in [1.82, 2.24) is 4.31 Å². The summed E-state index contributed by atoms with van der Waals surface area (Å²) >= 11 is 5.92. The van der Waals surface area contributed by atoms with Gasteiger partial charge >= 0.3 is 0 Å². The van der Waals surface area contributed by atoms with E-state index < -0.39 is 10.0 Å². The molecule has 1 N–H and O–H groups in total. The fourth-order valence-corrected chi connectivity index (χ4v) is 4.46. The van der Waals surface area contributed by atoms with Crippen LogP contribution in [-0.2, 0) is 10.0 Å².